The minimum absolute atomic E-state index is 0.0476. The number of anilines is 2. The van der Waals surface area contributed by atoms with Gasteiger partial charge in [-0.05, 0) is 48.7 Å². The Hall–Kier alpha value is -3.36. The number of nitrogens with one attached hydrogen (secondary N) is 3. The van der Waals surface area contributed by atoms with Gasteiger partial charge in [0.25, 0.3) is 0 Å². The second-order valence-electron chi connectivity index (χ2n) is 8.81. The van der Waals surface area contributed by atoms with Gasteiger partial charge >= 0.3 is 6.03 Å². The van der Waals surface area contributed by atoms with Crippen LogP contribution < -0.4 is 20.9 Å². The summed E-state index contributed by atoms with van der Waals surface area (Å²) in [5.74, 6) is -0.0476. The van der Waals surface area contributed by atoms with Crippen molar-refractivity contribution in [1.29, 1.82) is 0 Å². The zero-order chi connectivity index (χ0) is 23.1. The molecule has 0 saturated carbocycles. The molecule has 0 aliphatic carbocycles. The molecule has 0 spiro atoms. The highest BCUT2D eigenvalue weighted by Gasteiger charge is 2.46. The Morgan fingerprint density at radius 1 is 1.06 bits per heavy atom. The highest BCUT2D eigenvalue weighted by atomic mass is 32.2. The van der Waals surface area contributed by atoms with Crippen LogP contribution in [0.3, 0.4) is 0 Å². The van der Waals surface area contributed by atoms with Crippen molar-refractivity contribution in [2.24, 2.45) is 0 Å². The minimum atomic E-state index is -0.433. The van der Waals surface area contributed by atoms with Crippen LogP contribution in [0.1, 0.15) is 24.4 Å². The van der Waals surface area contributed by atoms with Crippen LogP contribution in [0.4, 0.5) is 16.2 Å². The number of carbonyl (C=O) groups is 2. The van der Waals surface area contributed by atoms with Crippen molar-refractivity contribution < 1.29 is 9.59 Å². The summed E-state index contributed by atoms with van der Waals surface area (Å²) in [6.07, 6.45) is 3.73. The van der Waals surface area contributed by atoms with Crippen LogP contribution in [0.5, 0.6) is 0 Å². The lowest BCUT2D eigenvalue weighted by atomic mass is 9.99. The number of hydrogen-bond donors (Lipinski definition) is 3. The van der Waals surface area contributed by atoms with Gasteiger partial charge in [0, 0.05) is 24.3 Å². The third kappa shape index (κ3) is 3.73. The van der Waals surface area contributed by atoms with Crippen LogP contribution in [-0.2, 0) is 4.79 Å². The fourth-order valence-corrected chi connectivity index (χ4v) is 6.21. The van der Waals surface area contributed by atoms with Gasteiger partial charge in [-0.3, -0.25) is 9.69 Å². The van der Waals surface area contributed by atoms with Crippen LogP contribution in [-0.4, -0.2) is 41.3 Å². The van der Waals surface area contributed by atoms with Crippen LogP contribution in [0, 0.1) is 0 Å². The zero-order valence-electron chi connectivity index (χ0n) is 18.5. The van der Waals surface area contributed by atoms with Crippen molar-refractivity contribution in [3.63, 3.8) is 0 Å². The van der Waals surface area contributed by atoms with Crippen LogP contribution in [0.2, 0.25) is 0 Å². The average molecular weight is 472 g/mol. The van der Waals surface area contributed by atoms with Gasteiger partial charge in [0.05, 0.1) is 17.4 Å². The largest absolute Gasteiger partial charge is 0.351 e. The maximum atomic E-state index is 13.3. The molecule has 1 fully saturated rings. The molecule has 34 heavy (non-hydrogen) atoms. The molecule has 7 nitrogen and oxygen atoms in total. The first-order valence-corrected chi connectivity index (χ1v) is 12.5. The molecule has 0 bridgehead atoms. The van der Waals surface area contributed by atoms with Gasteiger partial charge in [0.1, 0.15) is 10.3 Å². The van der Waals surface area contributed by atoms with Crippen molar-refractivity contribution in [3.05, 3.63) is 72.4 Å². The molecule has 3 aromatic rings. The summed E-state index contributed by atoms with van der Waals surface area (Å²) < 4.78 is 0. The number of piperidine rings is 1. The quantitative estimate of drug-likeness (QED) is 0.536. The van der Waals surface area contributed by atoms with E-state index in [9.17, 15) is 9.59 Å². The Labute approximate surface area is 202 Å². The third-order valence-corrected chi connectivity index (χ3v) is 7.93. The second-order valence-corrected chi connectivity index (χ2v) is 9.94. The molecule has 3 aliphatic rings. The molecular weight excluding hydrogens is 446 g/mol. The molecular formula is C26H25N5O2S. The first-order chi connectivity index (χ1) is 16.7. The number of aromatic nitrogens is 1. The molecule has 172 valence electrons. The van der Waals surface area contributed by atoms with Gasteiger partial charge in [-0.1, -0.05) is 54.2 Å². The van der Waals surface area contributed by atoms with Gasteiger partial charge in [0.2, 0.25) is 5.91 Å². The highest BCUT2D eigenvalue weighted by Crippen LogP contribution is 2.50. The normalized spacial score (nSPS) is 23.2. The smallest absolute Gasteiger partial charge is 0.327 e. The number of nitrogens with zero attached hydrogens (tertiary/aromatic N) is 2. The van der Waals surface area contributed by atoms with E-state index < -0.39 is 11.3 Å². The van der Waals surface area contributed by atoms with E-state index in [1.165, 1.54) is 11.8 Å². The Balaban J connectivity index is 1.28. The molecule has 2 aromatic carbocycles. The Bertz CT molecular complexity index is 1230. The molecule has 2 unspecified atom stereocenters. The monoisotopic (exact) mass is 471 g/mol. The molecule has 6 rings (SSSR count). The van der Waals surface area contributed by atoms with E-state index in [1.54, 1.807) is 11.1 Å². The minimum Gasteiger partial charge on any atom is -0.351 e. The van der Waals surface area contributed by atoms with Crippen molar-refractivity contribution in [3.8, 4) is 11.1 Å². The number of urea groups is 1. The number of amides is 3. The maximum absolute atomic E-state index is 13.3. The lowest BCUT2D eigenvalue weighted by Gasteiger charge is -2.34. The summed E-state index contributed by atoms with van der Waals surface area (Å²) in [5, 5.41) is 9.95. The van der Waals surface area contributed by atoms with Crippen LogP contribution >= 0.6 is 11.8 Å². The summed E-state index contributed by atoms with van der Waals surface area (Å²) in [6, 6.07) is 19.5. The number of hydrogen-bond acceptors (Lipinski definition) is 5. The van der Waals surface area contributed by atoms with E-state index in [4.69, 9.17) is 0 Å². The van der Waals surface area contributed by atoms with Crippen LogP contribution in [0.15, 0.2) is 71.9 Å². The maximum Gasteiger partial charge on any atom is 0.327 e. The molecule has 0 radical (unpaired) electrons. The topological polar surface area (TPSA) is 86.4 Å². The predicted molar refractivity (Wildman–Crippen MR) is 133 cm³/mol. The highest BCUT2D eigenvalue weighted by molar-refractivity contribution is 8.01. The number of thioether (sulfide) groups is 1. The Kier molecular flexibility index (Phi) is 5.47. The molecule has 3 amide bonds. The standard InChI is InChI=1S/C26H25N5O2S/c32-24(29-18-7-4-13-27-15-18)23-22-21-20(12-14-28-25(21)34-23)31(26(33)30-22)19-10-8-17(9-11-19)16-5-2-1-3-6-16/h1-3,5-6,8-12,14,18,22-23,27H,4,7,13,15H2,(H,29,32)(H,30,33)/t18?,22?,23-/m1/s1. The zero-order valence-corrected chi connectivity index (χ0v) is 19.3. The van der Waals surface area contributed by atoms with Gasteiger partial charge in [-0.2, -0.15) is 0 Å². The van der Waals surface area contributed by atoms with Crippen molar-refractivity contribution in [2.75, 3.05) is 18.0 Å². The summed E-state index contributed by atoms with van der Waals surface area (Å²) in [6.45, 7) is 1.77. The van der Waals surface area contributed by atoms with Gasteiger partial charge in [-0.15, -0.1) is 0 Å². The van der Waals surface area contributed by atoms with E-state index in [0.29, 0.717) is 0 Å². The lowest BCUT2D eigenvalue weighted by Crippen LogP contribution is -2.52. The first kappa shape index (κ1) is 21.2. The number of pyridine rings is 1. The van der Waals surface area contributed by atoms with E-state index in [1.807, 2.05) is 48.5 Å². The summed E-state index contributed by atoms with van der Waals surface area (Å²) in [4.78, 5) is 32.7. The molecule has 1 saturated heterocycles. The molecule has 3 aliphatic heterocycles. The third-order valence-electron chi connectivity index (χ3n) is 6.64. The Morgan fingerprint density at radius 3 is 2.62 bits per heavy atom. The van der Waals surface area contributed by atoms with E-state index in [-0.39, 0.29) is 18.0 Å². The number of rotatable bonds is 4. The molecule has 8 heteroatoms. The van der Waals surface area contributed by atoms with E-state index in [0.717, 1.165) is 59.0 Å². The van der Waals surface area contributed by atoms with Crippen molar-refractivity contribution in [2.45, 2.75) is 35.2 Å². The number of carbonyl (C=O) groups excluding carboxylic acids is 2. The molecule has 3 N–H and O–H groups in total. The molecule has 3 atom stereocenters. The summed E-state index contributed by atoms with van der Waals surface area (Å²) in [5.41, 5.74) is 4.69. The molecule has 1 aromatic heterocycles. The van der Waals surface area contributed by atoms with E-state index >= 15 is 0 Å². The van der Waals surface area contributed by atoms with Gasteiger partial charge in [-0.25, -0.2) is 9.78 Å². The van der Waals surface area contributed by atoms with Crippen molar-refractivity contribution in [1.82, 2.24) is 20.9 Å². The van der Waals surface area contributed by atoms with Gasteiger partial charge in [0.15, 0.2) is 0 Å². The number of benzene rings is 2. The van der Waals surface area contributed by atoms with Crippen molar-refractivity contribution >= 4 is 35.1 Å². The second kappa shape index (κ2) is 8.77. The Morgan fingerprint density at radius 2 is 1.85 bits per heavy atom. The van der Waals surface area contributed by atoms with Gasteiger partial charge < -0.3 is 16.0 Å². The lowest BCUT2D eigenvalue weighted by molar-refractivity contribution is -0.121. The summed E-state index contributed by atoms with van der Waals surface area (Å²) in [7, 11) is 0. The summed E-state index contributed by atoms with van der Waals surface area (Å²) >= 11 is 1.43. The van der Waals surface area contributed by atoms with Crippen LogP contribution in [0.25, 0.3) is 11.1 Å². The fraction of sp³-hybridized carbons (Fsp3) is 0.269. The SMILES string of the molecule is O=C(NC1CCCNC1)[C@@H]1Sc2nccc3c2C1NC(=O)N3c1ccc(-c2ccccc2)cc1. The first-order valence-electron chi connectivity index (χ1n) is 11.6. The average Bonchev–Trinajstić information content (AvgIpc) is 3.25. The fourth-order valence-electron chi connectivity index (χ4n) is 4.97. The van der Waals surface area contributed by atoms with E-state index in [2.05, 4.69) is 33.1 Å². The predicted octanol–water partition coefficient (Wildman–Crippen LogP) is 3.99. The molecule has 4 heterocycles.